The van der Waals surface area contributed by atoms with Crippen molar-refractivity contribution in [3.63, 3.8) is 0 Å². The number of terminal acetylenes is 1. The van der Waals surface area contributed by atoms with Crippen molar-refractivity contribution in [2.45, 2.75) is 20.5 Å². The molecule has 0 bridgehead atoms. The molecule has 1 amide bonds. The Hall–Kier alpha value is -3.96. The Balaban J connectivity index is 1.69. The number of carbonyl (C=O) groups excluding carboxylic acids is 1. The maximum atomic E-state index is 12.7. The van der Waals surface area contributed by atoms with Crippen molar-refractivity contribution in [1.29, 1.82) is 0 Å². The van der Waals surface area contributed by atoms with Crippen molar-refractivity contribution in [2.24, 2.45) is 5.10 Å². The molecule has 0 unspecified atom stereocenters. The molecule has 0 saturated carbocycles. The zero-order chi connectivity index (χ0) is 25.8. The molecule has 0 fully saturated rings. The van der Waals surface area contributed by atoms with E-state index in [-0.39, 0.29) is 12.5 Å². The van der Waals surface area contributed by atoms with E-state index < -0.39 is 0 Å². The molecule has 0 aliphatic heterocycles. The number of halogens is 1. The van der Waals surface area contributed by atoms with Gasteiger partial charge in [0.1, 0.15) is 13.2 Å². The van der Waals surface area contributed by atoms with E-state index in [0.717, 1.165) is 5.56 Å². The Morgan fingerprint density at radius 2 is 1.72 bits per heavy atom. The van der Waals surface area contributed by atoms with Crippen LogP contribution in [0.4, 0.5) is 0 Å². The quantitative estimate of drug-likeness (QED) is 0.180. The van der Waals surface area contributed by atoms with Crippen LogP contribution in [-0.4, -0.2) is 31.9 Å². The fraction of sp³-hybridized carbons (Fsp3) is 0.214. The lowest BCUT2D eigenvalue weighted by Gasteiger charge is -2.13. The summed E-state index contributed by atoms with van der Waals surface area (Å²) in [6.45, 7) is 5.13. The van der Waals surface area contributed by atoms with Crippen LogP contribution in [0, 0.1) is 12.3 Å². The number of rotatable bonds is 12. The van der Waals surface area contributed by atoms with Crippen LogP contribution in [0.1, 0.15) is 35.3 Å². The van der Waals surface area contributed by atoms with Gasteiger partial charge < -0.3 is 18.9 Å². The number of hydrazone groups is 1. The summed E-state index contributed by atoms with van der Waals surface area (Å²) in [4.78, 5) is 12.7. The van der Waals surface area contributed by atoms with Crippen LogP contribution < -0.4 is 24.4 Å². The van der Waals surface area contributed by atoms with Crippen molar-refractivity contribution in [2.75, 3.05) is 19.8 Å². The zero-order valence-corrected chi connectivity index (χ0v) is 21.7. The van der Waals surface area contributed by atoms with Crippen LogP contribution in [0.2, 0.25) is 0 Å². The van der Waals surface area contributed by atoms with Crippen molar-refractivity contribution in [3.05, 3.63) is 81.8 Å². The van der Waals surface area contributed by atoms with Gasteiger partial charge in [0.25, 0.3) is 5.91 Å². The Kier molecular flexibility index (Phi) is 10.2. The second-order valence-corrected chi connectivity index (χ2v) is 8.18. The highest BCUT2D eigenvalue weighted by atomic mass is 79.9. The Morgan fingerprint density at radius 1 is 0.972 bits per heavy atom. The van der Waals surface area contributed by atoms with Crippen LogP contribution in [0.3, 0.4) is 0 Å². The number of ether oxygens (including phenoxy) is 4. The number of nitrogens with zero attached hydrogens (tertiary/aromatic N) is 1. The maximum Gasteiger partial charge on any atom is 0.271 e. The van der Waals surface area contributed by atoms with Crippen LogP contribution >= 0.6 is 15.9 Å². The Labute approximate surface area is 219 Å². The molecular weight excluding hydrogens is 524 g/mol. The molecule has 3 rings (SSSR count). The Morgan fingerprint density at radius 3 is 2.44 bits per heavy atom. The molecule has 0 heterocycles. The number of amides is 1. The summed E-state index contributed by atoms with van der Waals surface area (Å²) in [6, 6.07) is 18.4. The molecule has 0 aliphatic rings. The van der Waals surface area contributed by atoms with Gasteiger partial charge in [0, 0.05) is 5.56 Å². The summed E-state index contributed by atoms with van der Waals surface area (Å²) in [5.74, 6) is 4.11. The van der Waals surface area contributed by atoms with Crippen LogP contribution in [-0.2, 0) is 6.61 Å². The minimum atomic E-state index is -0.389. The summed E-state index contributed by atoms with van der Waals surface area (Å²) < 4.78 is 23.5. The molecule has 36 heavy (non-hydrogen) atoms. The third kappa shape index (κ3) is 7.52. The first kappa shape index (κ1) is 26.6. The second-order valence-electron chi connectivity index (χ2n) is 7.32. The van der Waals surface area contributed by atoms with Gasteiger partial charge in [0.15, 0.2) is 23.0 Å². The van der Waals surface area contributed by atoms with Crippen molar-refractivity contribution in [1.82, 2.24) is 5.43 Å². The summed E-state index contributed by atoms with van der Waals surface area (Å²) in [5.41, 5.74) is 4.65. The highest BCUT2D eigenvalue weighted by Crippen LogP contribution is 2.36. The van der Waals surface area contributed by atoms with Gasteiger partial charge in [-0.2, -0.15) is 5.10 Å². The van der Waals surface area contributed by atoms with Gasteiger partial charge in [0.2, 0.25) is 0 Å². The molecular formula is C28H27BrN2O5. The lowest BCUT2D eigenvalue weighted by Crippen LogP contribution is -2.17. The molecule has 8 heteroatoms. The number of carbonyl (C=O) groups is 1. The van der Waals surface area contributed by atoms with Gasteiger partial charge in [-0.25, -0.2) is 5.43 Å². The van der Waals surface area contributed by atoms with Gasteiger partial charge in [-0.3, -0.25) is 4.79 Å². The van der Waals surface area contributed by atoms with E-state index in [4.69, 9.17) is 25.4 Å². The molecule has 1 N–H and O–H groups in total. The third-order valence-electron chi connectivity index (χ3n) is 4.75. The maximum absolute atomic E-state index is 12.7. The molecule has 0 aliphatic carbocycles. The molecule has 3 aromatic carbocycles. The minimum absolute atomic E-state index is 0.113. The van der Waals surface area contributed by atoms with Crippen LogP contribution in [0.25, 0.3) is 0 Å². The van der Waals surface area contributed by atoms with E-state index in [1.54, 1.807) is 30.3 Å². The Bertz CT molecular complexity index is 1240. The van der Waals surface area contributed by atoms with Crippen molar-refractivity contribution in [3.8, 4) is 35.3 Å². The fourth-order valence-electron chi connectivity index (χ4n) is 3.18. The molecule has 0 radical (unpaired) electrons. The predicted molar refractivity (Wildman–Crippen MR) is 143 cm³/mol. The molecule has 0 aromatic heterocycles. The summed E-state index contributed by atoms with van der Waals surface area (Å²) in [6.07, 6.45) is 6.80. The van der Waals surface area contributed by atoms with Gasteiger partial charge >= 0.3 is 0 Å². The zero-order valence-electron chi connectivity index (χ0n) is 20.1. The van der Waals surface area contributed by atoms with Gasteiger partial charge in [-0.15, -0.1) is 6.42 Å². The lowest BCUT2D eigenvalue weighted by atomic mass is 10.2. The molecule has 3 aromatic rings. The summed E-state index contributed by atoms with van der Waals surface area (Å²) >= 11 is 3.46. The highest BCUT2D eigenvalue weighted by Gasteiger charge is 2.13. The minimum Gasteiger partial charge on any atom is -0.490 e. The number of hydrogen-bond donors (Lipinski definition) is 1. The first-order valence-electron chi connectivity index (χ1n) is 11.3. The predicted octanol–water partition coefficient (Wildman–Crippen LogP) is 5.60. The summed E-state index contributed by atoms with van der Waals surface area (Å²) in [5, 5.41) is 4.08. The van der Waals surface area contributed by atoms with E-state index in [0.29, 0.717) is 58.4 Å². The van der Waals surface area contributed by atoms with E-state index in [1.165, 1.54) is 6.21 Å². The van der Waals surface area contributed by atoms with Crippen molar-refractivity contribution < 1.29 is 23.7 Å². The molecule has 186 valence electrons. The van der Waals surface area contributed by atoms with Gasteiger partial charge in [-0.05, 0) is 71.2 Å². The largest absolute Gasteiger partial charge is 0.490 e. The van der Waals surface area contributed by atoms with Crippen LogP contribution in [0.5, 0.6) is 23.0 Å². The van der Waals surface area contributed by atoms with Gasteiger partial charge in [-0.1, -0.05) is 36.3 Å². The molecule has 0 saturated heterocycles. The topological polar surface area (TPSA) is 78.4 Å². The first-order valence-corrected chi connectivity index (χ1v) is 12.1. The SMILES string of the molecule is C#CCOc1c(Br)cc(/C=N/NC(=O)c2ccc(OCc3ccccc3)c(OCC)c2)cc1OCC. The third-order valence-corrected chi connectivity index (χ3v) is 5.34. The normalized spacial score (nSPS) is 10.5. The number of benzene rings is 3. The van der Waals surface area contributed by atoms with E-state index in [2.05, 4.69) is 32.4 Å². The molecule has 7 nitrogen and oxygen atoms in total. The van der Waals surface area contributed by atoms with E-state index >= 15 is 0 Å². The van der Waals surface area contributed by atoms with E-state index in [9.17, 15) is 4.79 Å². The van der Waals surface area contributed by atoms with Crippen molar-refractivity contribution >= 4 is 28.1 Å². The number of hydrogen-bond acceptors (Lipinski definition) is 6. The first-order chi connectivity index (χ1) is 17.5. The average Bonchev–Trinajstić information content (AvgIpc) is 2.88. The second kappa shape index (κ2) is 13.8. The fourth-order valence-corrected chi connectivity index (χ4v) is 3.76. The number of nitrogens with one attached hydrogen (secondary N) is 1. The van der Waals surface area contributed by atoms with E-state index in [1.807, 2.05) is 44.2 Å². The smallest absolute Gasteiger partial charge is 0.271 e. The molecule has 0 spiro atoms. The standard InChI is InChI=1S/C28H27BrN2O5/c1-4-14-35-27-23(29)15-21(16-26(27)34-6-3)18-30-31-28(32)22-12-13-24(25(17-22)33-5-2)36-19-20-10-8-7-9-11-20/h1,7-13,15-18H,5-6,14,19H2,2-3H3,(H,31,32)/b30-18+. The summed E-state index contributed by atoms with van der Waals surface area (Å²) in [7, 11) is 0. The molecule has 0 atom stereocenters. The monoisotopic (exact) mass is 550 g/mol. The van der Waals surface area contributed by atoms with Crippen LogP contribution in [0.15, 0.2) is 70.2 Å². The average molecular weight is 551 g/mol. The lowest BCUT2D eigenvalue weighted by molar-refractivity contribution is 0.0954. The highest BCUT2D eigenvalue weighted by molar-refractivity contribution is 9.10. The van der Waals surface area contributed by atoms with Gasteiger partial charge in [0.05, 0.1) is 23.9 Å².